The fourth-order valence-corrected chi connectivity index (χ4v) is 6.54. The van der Waals surface area contributed by atoms with Crippen molar-refractivity contribution in [3.8, 4) is 0 Å². The number of hydrogen-bond donors (Lipinski definition) is 2. The van der Waals surface area contributed by atoms with E-state index in [0.29, 0.717) is 11.8 Å². The molecule has 22 heavy (non-hydrogen) atoms. The van der Waals surface area contributed by atoms with Crippen molar-refractivity contribution in [2.24, 2.45) is 28.6 Å². The quantitative estimate of drug-likeness (QED) is 0.722. The highest BCUT2D eigenvalue weighted by molar-refractivity contribution is 5.88. The highest BCUT2D eigenvalue weighted by atomic mass is 16.3. The molecule has 0 aromatic carbocycles. The Hall–Kier alpha value is -0.830. The topological polar surface area (TPSA) is 49.3 Å². The lowest BCUT2D eigenvalue weighted by atomic mass is 9.48. The van der Waals surface area contributed by atoms with Crippen LogP contribution in [0.3, 0.4) is 0 Å². The summed E-state index contributed by atoms with van der Waals surface area (Å²) in [6.07, 6.45) is 9.74. The Morgan fingerprint density at radius 3 is 2.77 bits per heavy atom. The summed E-state index contributed by atoms with van der Waals surface area (Å²) in [6, 6.07) is 0. The van der Waals surface area contributed by atoms with Crippen molar-refractivity contribution < 1.29 is 9.90 Å². The molecule has 3 saturated carbocycles. The predicted octanol–water partition coefficient (Wildman–Crippen LogP) is 3.04. The van der Waals surface area contributed by atoms with E-state index >= 15 is 0 Å². The van der Waals surface area contributed by atoms with Crippen LogP contribution in [0.25, 0.3) is 0 Å². The SMILES string of the molecule is C[C@]12CC[C@H]3[C@@H](CCC4=CC(=O)NCC[C@@]43C)[C@@H]1CC[C@@H]2O. The zero-order valence-corrected chi connectivity index (χ0v) is 13.9. The average molecular weight is 303 g/mol. The van der Waals surface area contributed by atoms with Crippen LogP contribution in [0.4, 0.5) is 0 Å². The largest absolute Gasteiger partial charge is 0.393 e. The smallest absolute Gasteiger partial charge is 0.243 e. The van der Waals surface area contributed by atoms with E-state index < -0.39 is 0 Å². The van der Waals surface area contributed by atoms with Gasteiger partial charge in [0.15, 0.2) is 0 Å². The third kappa shape index (κ3) is 1.87. The number of fused-ring (bicyclic) bond motifs is 5. The lowest BCUT2D eigenvalue weighted by Gasteiger charge is -2.56. The molecule has 0 radical (unpaired) electrons. The summed E-state index contributed by atoms with van der Waals surface area (Å²) < 4.78 is 0. The minimum Gasteiger partial charge on any atom is -0.393 e. The molecule has 1 amide bonds. The van der Waals surface area contributed by atoms with Gasteiger partial charge in [-0.3, -0.25) is 4.79 Å². The molecule has 0 aromatic rings. The number of aliphatic hydroxyl groups excluding tert-OH is 1. The van der Waals surface area contributed by atoms with Crippen molar-refractivity contribution in [2.75, 3.05) is 6.54 Å². The van der Waals surface area contributed by atoms with E-state index in [1.54, 1.807) is 0 Å². The van der Waals surface area contributed by atoms with Gasteiger partial charge in [0, 0.05) is 12.6 Å². The Kier molecular flexibility index (Phi) is 3.24. The fourth-order valence-electron chi connectivity index (χ4n) is 6.54. The maximum atomic E-state index is 11.9. The molecule has 1 heterocycles. The Balaban J connectivity index is 1.69. The second-order valence-electron chi connectivity index (χ2n) is 8.68. The molecule has 6 atom stereocenters. The van der Waals surface area contributed by atoms with Gasteiger partial charge < -0.3 is 10.4 Å². The van der Waals surface area contributed by atoms with Gasteiger partial charge >= 0.3 is 0 Å². The van der Waals surface area contributed by atoms with Crippen LogP contribution in [-0.2, 0) is 4.79 Å². The van der Waals surface area contributed by atoms with Gasteiger partial charge in [0.1, 0.15) is 0 Å². The van der Waals surface area contributed by atoms with E-state index in [1.807, 2.05) is 6.08 Å². The summed E-state index contributed by atoms with van der Waals surface area (Å²) in [6.45, 7) is 5.55. The minimum absolute atomic E-state index is 0.0967. The first-order valence-corrected chi connectivity index (χ1v) is 9.12. The average Bonchev–Trinajstić information content (AvgIpc) is 2.68. The Labute approximate surface area is 133 Å². The van der Waals surface area contributed by atoms with Gasteiger partial charge in [-0.25, -0.2) is 0 Å². The first-order valence-electron chi connectivity index (χ1n) is 9.12. The van der Waals surface area contributed by atoms with Gasteiger partial charge in [-0.05, 0) is 73.5 Å². The second-order valence-corrected chi connectivity index (χ2v) is 8.68. The minimum atomic E-state index is -0.0967. The summed E-state index contributed by atoms with van der Waals surface area (Å²) in [5.41, 5.74) is 1.74. The Morgan fingerprint density at radius 1 is 1.14 bits per heavy atom. The van der Waals surface area contributed by atoms with Crippen molar-refractivity contribution in [3.63, 3.8) is 0 Å². The molecule has 3 heteroatoms. The van der Waals surface area contributed by atoms with Gasteiger partial charge in [0.05, 0.1) is 6.10 Å². The molecule has 0 unspecified atom stereocenters. The van der Waals surface area contributed by atoms with Crippen molar-refractivity contribution >= 4 is 5.91 Å². The number of carbonyl (C=O) groups is 1. The van der Waals surface area contributed by atoms with E-state index in [0.717, 1.165) is 38.1 Å². The van der Waals surface area contributed by atoms with Crippen LogP contribution in [0.1, 0.15) is 58.8 Å². The van der Waals surface area contributed by atoms with Crippen LogP contribution in [0.2, 0.25) is 0 Å². The van der Waals surface area contributed by atoms with Crippen molar-refractivity contribution in [1.29, 1.82) is 0 Å². The van der Waals surface area contributed by atoms with Crippen LogP contribution in [-0.4, -0.2) is 23.7 Å². The lowest BCUT2D eigenvalue weighted by Crippen LogP contribution is -2.50. The van der Waals surface area contributed by atoms with Crippen LogP contribution in [0.5, 0.6) is 0 Å². The van der Waals surface area contributed by atoms with Crippen LogP contribution in [0, 0.1) is 28.6 Å². The third-order valence-corrected chi connectivity index (χ3v) is 7.93. The normalized spacial score (nSPS) is 51.0. The van der Waals surface area contributed by atoms with Gasteiger partial charge in [0.2, 0.25) is 5.91 Å². The van der Waals surface area contributed by atoms with Gasteiger partial charge in [-0.1, -0.05) is 19.4 Å². The molecular formula is C19H29NO2. The highest BCUT2D eigenvalue weighted by Gasteiger charge is 2.58. The van der Waals surface area contributed by atoms with Crippen LogP contribution in [0.15, 0.2) is 11.6 Å². The van der Waals surface area contributed by atoms with E-state index in [1.165, 1.54) is 24.8 Å². The molecule has 0 spiro atoms. The van der Waals surface area contributed by atoms with Gasteiger partial charge in [0.25, 0.3) is 0 Å². The fraction of sp³-hybridized carbons (Fsp3) is 0.842. The third-order valence-electron chi connectivity index (χ3n) is 7.93. The molecule has 3 nitrogen and oxygen atoms in total. The second kappa shape index (κ2) is 4.83. The van der Waals surface area contributed by atoms with E-state index in [9.17, 15) is 9.90 Å². The number of amides is 1. The number of hydrogen-bond acceptors (Lipinski definition) is 2. The summed E-state index contributed by atoms with van der Waals surface area (Å²) in [5.74, 6) is 2.23. The highest BCUT2D eigenvalue weighted by Crippen LogP contribution is 2.64. The summed E-state index contributed by atoms with van der Waals surface area (Å²) in [5, 5.41) is 13.5. The molecule has 0 aromatic heterocycles. The van der Waals surface area contributed by atoms with Crippen LogP contribution >= 0.6 is 0 Å². The first-order chi connectivity index (χ1) is 10.4. The summed E-state index contributed by atoms with van der Waals surface area (Å²) in [7, 11) is 0. The lowest BCUT2D eigenvalue weighted by molar-refractivity contribution is -0.116. The number of nitrogens with one attached hydrogen (secondary N) is 1. The molecule has 0 saturated heterocycles. The zero-order valence-electron chi connectivity index (χ0n) is 13.9. The van der Waals surface area contributed by atoms with E-state index in [4.69, 9.17) is 0 Å². The van der Waals surface area contributed by atoms with Crippen LogP contribution < -0.4 is 5.32 Å². The molecule has 1 aliphatic heterocycles. The van der Waals surface area contributed by atoms with E-state index in [-0.39, 0.29) is 22.8 Å². The number of carbonyl (C=O) groups excluding carboxylic acids is 1. The summed E-state index contributed by atoms with van der Waals surface area (Å²) in [4.78, 5) is 11.9. The van der Waals surface area contributed by atoms with E-state index in [2.05, 4.69) is 19.2 Å². The molecular weight excluding hydrogens is 274 g/mol. The zero-order chi connectivity index (χ0) is 15.5. The number of aliphatic hydroxyl groups is 1. The first kappa shape index (κ1) is 14.7. The van der Waals surface area contributed by atoms with Crippen molar-refractivity contribution in [1.82, 2.24) is 5.32 Å². The van der Waals surface area contributed by atoms with Crippen molar-refractivity contribution in [2.45, 2.75) is 64.9 Å². The number of rotatable bonds is 0. The Bertz CT molecular complexity index is 528. The molecule has 122 valence electrons. The molecule has 0 bridgehead atoms. The summed E-state index contributed by atoms with van der Waals surface area (Å²) >= 11 is 0. The van der Waals surface area contributed by atoms with Gasteiger partial charge in [-0.15, -0.1) is 0 Å². The van der Waals surface area contributed by atoms with Gasteiger partial charge in [-0.2, -0.15) is 0 Å². The standard InChI is InChI=1S/C19H29NO2/c1-18-9-10-20-17(22)11-12(18)3-4-13-14-5-6-16(21)19(14,2)8-7-15(13)18/h11,13-16,21H,3-10H2,1-2H3,(H,20,22)/t13-,14-,15-,16-,18-,19-/m0/s1. The van der Waals surface area contributed by atoms with Crippen molar-refractivity contribution in [3.05, 3.63) is 11.6 Å². The predicted molar refractivity (Wildman–Crippen MR) is 86.1 cm³/mol. The maximum Gasteiger partial charge on any atom is 0.243 e. The monoisotopic (exact) mass is 303 g/mol. The Morgan fingerprint density at radius 2 is 1.95 bits per heavy atom. The number of allylic oxidation sites excluding steroid dienone is 1. The molecule has 3 aliphatic carbocycles. The molecule has 4 rings (SSSR count). The molecule has 4 aliphatic rings. The maximum absolute atomic E-state index is 11.9. The molecule has 2 N–H and O–H groups in total. The molecule has 3 fully saturated rings.